The monoisotopic (exact) mass is 281 g/mol. The number of rotatable bonds is 7. The number of hydrazine groups is 1. The molecule has 1 fully saturated rings. The van der Waals surface area contributed by atoms with E-state index in [9.17, 15) is 4.39 Å². The standard InChI is InChI=1S/C15H24FN3O/c1-11-13(10-18-19-11)4-3-7-17-9-12-5-6-15(20-2)14(16)8-12/h5-6,8,11,13,17-19H,3-4,7,9-10H2,1-2H3. The van der Waals surface area contributed by atoms with Gasteiger partial charge in [0.25, 0.3) is 0 Å². The summed E-state index contributed by atoms with van der Waals surface area (Å²) in [6, 6.07) is 5.63. The van der Waals surface area contributed by atoms with Crippen molar-refractivity contribution in [1.82, 2.24) is 16.2 Å². The highest BCUT2D eigenvalue weighted by Gasteiger charge is 2.21. The first-order chi connectivity index (χ1) is 9.70. The third-order valence-electron chi connectivity index (χ3n) is 3.87. The van der Waals surface area contributed by atoms with Gasteiger partial charge in [-0.15, -0.1) is 0 Å². The molecule has 0 bridgehead atoms. The lowest BCUT2D eigenvalue weighted by atomic mass is 9.98. The Labute approximate surface area is 120 Å². The van der Waals surface area contributed by atoms with Crippen LogP contribution >= 0.6 is 0 Å². The van der Waals surface area contributed by atoms with Gasteiger partial charge in [-0.3, -0.25) is 10.9 Å². The number of hydrogen-bond donors (Lipinski definition) is 3. The first-order valence-corrected chi connectivity index (χ1v) is 7.22. The molecule has 112 valence electrons. The lowest BCUT2D eigenvalue weighted by Crippen LogP contribution is -2.28. The summed E-state index contributed by atoms with van der Waals surface area (Å²) < 4.78 is 18.4. The van der Waals surface area contributed by atoms with E-state index in [1.807, 2.05) is 6.07 Å². The molecule has 1 aromatic carbocycles. The third-order valence-corrected chi connectivity index (χ3v) is 3.87. The van der Waals surface area contributed by atoms with Crippen LogP contribution in [0.25, 0.3) is 0 Å². The van der Waals surface area contributed by atoms with E-state index >= 15 is 0 Å². The Morgan fingerprint density at radius 1 is 1.45 bits per heavy atom. The van der Waals surface area contributed by atoms with Gasteiger partial charge in [0.05, 0.1) is 7.11 Å². The smallest absolute Gasteiger partial charge is 0.165 e. The van der Waals surface area contributed by atoms with Crippen molar-refractivity contribution >= 4 is 0 Å². The molecule has 0 radical (unpaired) electrons. The summed E-state index contributed by atoms with van der Waals surface area (Å²) in [5, 5.41) is 3.36. The van der Waals surface area contributed by atoms with Crippen molar-refractivity contribution in [2.45, 2.75) is 32.4 Å². The topological polar surface area (TPSA) is 45.3 Å². The summed E-state index contributed by atoms with van der Waals surface area (Å²) in [5.74, 6) is 0.697. The summed E-state index contributed by atoms with van der Waals surface area (Å²) >= 11 is 0. The van der Waals surface area contributed by atoms with Gasteiger partial charge >= 0.3 is 0 Å². The molecule has 0 aromatic heterocycles. The van der Waals surface area contributed by atoms with Crippen molar-refractivity contribution in [3.8, 4) is 5.75 Å². The van der Waals surface area contributed by atoms with E-state index in [1.165, 1.54) is 19.6 Å². The zero-order valence-corrected chi connectivity index (χ0v) is 12.2. The van der Waals surface area contributed by atoms with Crippen LogP contribution in [-0.4, -0.2) is 26.2 Å². The van der Waals surface area contributed by atoms with Gasteiger partial charge in [0.1, 0.15) is 0 Å². The fraction of sp³-hybridized carbons (Fsp3) is 0.600. The van der Waals surface area contributed by atoms with E-state index in [2.05, 4.69) is 23.1 Å². The van der Waals surface area contributed by atoms with Crippen molar-refractivity contribution in [3.05, 3.63) is 29.6 Å². The Morgan fingerprint density at radius 2 is 2.30 bits per heavy atom. The van der Waals surface area contributed by atoms with Gasteiger partial charge in [-0.25, -0.2) is 4.39 Å². The van der Waals surface area contributed by atoms with Crippen molar-refractivity contribution in [1.29, 1.82) is 0 Å². The molecule has 1 aliphatic heterocycles. The molecule has 1 heterocycles. The Morgan fingerprint density at radius 3 is 2.95 bits per heavy atom. The van der Waals surface area contributed by atoms with E-state index in [0.29, 0.717) is 24.3 Å². The lowest BCUT2D eigenvalue weighted by Gasteiger charge is -2.13. The summed E-state index contributed by atoms with van der Waals surface area (Å²) in [4.78, 5) is 0. The SMILES string of the molecule is COc1ccc(CNCCCC2CNNC2C)cc1F. The van der Waals surface area contributed by atoms with Crippen molar-refractivity contribution in [3.63, 3.8) is 0 Å². The Balaban J connectivity index is 1.64. The minimum atomic E-state index is -0.302. The second kappa shape index (κ2) is 7.57. The number of nitrogens with one attached hydrogen (secondary N) is 3. The molecule has 0 spiro atoms. The maximum atomic E-state index is 13.5. The summed E-state index contributed by atoms with van der Waals surface area (Å²) in [6.07, 6.45) is 2.34. The quantitative estimate of drug-likeness (QED) is 0.667. The molecule has 1 aliphatic rings. The maximum Gasteiger partial charge on any atom is 0.165 e. The van der Waals surface area contributed by atoms with E-state index in [-0.39, 0.29) is 5.82 Å². The van der Waals surface area contributed by atoms with Crippen molar-refractivity contribution in [2.75, 3.05) is 20.2 Å². The predicted molar refractivity (Wildman–Crippen MR) is 78.0 cm³/mol. The Kier molecular flexibility index (Phi) is 5.76. The molecule has 0 aliphatic carbocycles. The van der Waals surface area contributed by atoms with Gasteiger partial charge in [0, 0.05) is 19.1 Å². The average Bonchev–Trinajstić information content (AvgIpc) is 2.84. The van der Waals surface area contributed by atoms with E-state index in [1.54, 1.807) is 6.07 Å². The molecular formula is C15H24FN3O. The average molecular weight is 281 g/mol. The summed E-state index contributed by atoms with van der Waals surface area (Å²) in [6.45, 7) is 4.90. The Bertz CT molecular complexity index is 428. The molecule has 2 rings (SSSR count). The van der Waals surface area contributed by atoms with Crippen LogP contribution in [0.1, 0.15) is 25.3 Å². The molecule has 4 nitrogen and oxygen atoms in total. The number of halogens is 1. The van der Waals surface area contributed by atoms with E-state index in [4.69, 9.17) is 4.74 Å². The molecule has 0 amide bonds. The third kappa shape index (κ3) is 4.16. The van der Waals surface area contributed by atoms with Crippen LogP contribution in [0, 0.1) is 11.7 Å². The minimum absolute atomic E-state index is 0.295. The molecular weight excluding hydrogens is 257 g/mol. The Hall–Kier alpha value is -1.17. The van der Waals surface area contributed by atoms with Gasteiger partial charge in [-0.05, 0) is 49.9 Å². The van der Waals surface area contributed by atoms with Gasteiger partial charge in [-0.1, -0.05) is 6.07 Å². The number of ether oxygens (including phenoxy) is 1. The van der Waals surface area contributed by atoms with Gasteiger partial charge in [0.15, 0.2) is 11.6 Å². The molecule has 2 unspecified atom stereocenters. The second-order valence-electron chi connectivity index (χ2n) is 5.36. The van der Waals surface area contributed by atoms with Gasteiger partial charge in [0.2, 0.25) is 0 Å². The van der Waals surface area contributed by atoms with E-state index in [0.717, 1.165) is 25.1 Å². The van der Waals surface area contributed by atoms with Crippen molar-refractivity contribution in [2.24, 2.45) is 5.92 Å². The molecule has 3 N–H and O–H groups in total. The zero-order valence-electron chi connectivity index (χ0n) is 12.2. The highest BCUT2D eigenvalue weighted by atomic mass is 19.1. The second-order valence-corrected chi connectivity index (χ2v) is 5.36. The number of benzene rings is 1. The van der Waals surface area contributed by atoms with Gasteiger partial charge < -0.3 is 10.1 Å². The molecule has 2 atom stereocenters. The summed E-state index contributed by atoms with van der Waals surface area (Å²) in [5.41, 5.74) is 7.36. The molecule has 1 aromatic rings. The molecule has 0 saturated carbocycles. The van der Waals surface area contributed by atoms with Crippen LogP contribution < -0.4 is 20.9 Å². The van der Waals surface area contributed by atoms with Gasteiger partial charge in [-0.2, -0.15) is 0 Å². The van der Waals surface area contributed by atoms with Crippen LogP contribution in [0.15, 0.2) is 18.2 Å². The van der Waals surface area contributed by atoms with Crippen LogP contribution in [0.4, 0.5) is 4.39 Å². The molecule has 5 heteroatoms. The largest absolute Gasteiger partial charge is 0.494 e. The fourth-order valence-electron chi connectivity index (χ4n) is 2.54. The zero-order chi connectivity index (χ0) is 14.4. The van der Waals surface area contributed by atoms with E-state index < -0.39 is 0 Å². The lowest BCUT2D eigenvalue weighted by molar-refractivity contribution is 0.386. The van der Waals surface area contributed by atoms with Crippen LogP contribution in [0.2, 0.25) is 0 Å². The predicted octanol–water partition coefficient (Wildman–Crippen LogP) is 1.82. The number of methoxy groups -OCH3 is 1. The van der Waals surface area contributed by atoms with Crippen LogP contribution in [0.5, 0.6) is 5.75 Å². The highest BCUT2D eigenvalue weighted by Crippen LogP contribution is 2.17. The van der Waals surface area contributed by atoms with Crippen LogP contribution in [-0.2, 0) is 6.54 Å². The summed E-state index contributed by atoms with van der Waals surface area (Å²) in [7, 11) is 1.48. The number of hydrogen-bond acceptors (Lipinski definition) is 4. The fourth-order valence-corrected chi connectivity index (χ4v) is 2.54. The molecule has 1 saturated heterocycles. The minimum Gasteiger partial charge on any atom is -0.494 e. The molecule has 20 heavy (non-hydrogen) atoms. The first-order valence-electron chi connectivity index (χ1n) is 7.22. The van der Waals surface area contributed by atoms with Crippen molar-refractivity contribution < 1.29 is 9.13 Å². The normalized spacial score (nSPS) is 22.1. The highest BCUT2D eigenvalue weighted by molar-refractivity contribution is 5.29. The first kappa shape index (κ1) is 15.2. The maximum absolute atomic E-state index is 13.5. The van der Waals surface area contributed by atoms with Crippen LogP contribution in [0.3, 0.4) is 0 Å².